The molecular weight excluding hydrogens is 230 g/mol. The zero-order valence-corrected chi connectivity index (χ0v) is 10.4. The van der Waals surface area contributed by atoms with Gasteiger partial charge in [0, 0.05) is 6.42 Å². The normalized spacial score (nSPS) is 10.6. The molecule has 0 aliphatic heterocycles. The molecule has 0 bridgehead atoms. The van der Waals surface area contributed by atoms with Gasteiger partial charge in [-0.2, -0.15) is 0 Å². The predicted molar refractivity (Wildman–Crippen MR) is 66.8 cm³/mol. The quantitative estimate of drug-likeness (QED) is 0.899. The highest BCUT2D eigenvalue weighted by molar-refractivity contribution is 5.86. The van der Waals surface area contributed by atoms with Crippen molar-refractivity contribution < 1.29 is 14.3 Å². The Morgan fingerprint density at radius 3 is 2.44 bits per heavy atom. The van der Waals surface area contributed by atoms with Gasteiger partial charge >= 0.3 is 5.97 Å². The van der Waals surface area contributed by atoms with Crippen molar-refractivity contribution in [3.8, 4) is 0 Å². The molecule has 1 aromatic heterocycles. The number of hydrogen-bond acceptors (Lipinski definition) is 3. The first-order chi connectivity index (χ1) is 8.56. The van der Waals surface area contributed by atoms with Crippen molar-refractivity contribution in [1.82, 2.24) is 4.98 Å². The van der Waals surface area contributed by atoms with Crippen LogP contribution >= 0.6 is 0 Å². The van der Waals surface area contributed by atoms with Crippen LogP contribution in [-0.2, 0) is 12.8 Å². The summed E-state index contributed by atoms with van der Waals surface area (Å²) in [5, 5.41) is 8.87. The number of carboxylic acids is 1. The molecular formula is C14H15NO3. The molecule has 94 valence electrons. The Labute approximate surface area is 105 Å². The third-order valence-electron chi connectivity index (χ3n) is 2.79. The number of aromatic carboxylic acids is 1. The second-order valence-electron chi connectivity index (χ2n) is 4.30. The molecule has 1 heterocycles. The molecule has 0 fully saturated rings. The molecule has 0 saturated heterocycles. The maximum absolute atomic E-state index is 10.8. The van der Waals surface area contributed by atoms with E-state index in [0.717, 1.165) is 6.42 Å². The van der Waals surface area contributed by atoms with E-state index in [1.54, 1.807) is 6.92 Å². The van der Waals surface area contributed by atoms with Crippen LogP contribution in [-0.4, -0.2) is 16.1 Å². The van der Waals surface area contributed by atoms with E-state index in [2.05, 4.69) is 29.2 Å². The largest absolute Gasteiger partial charge is 0.476 e. The molecule has 0 radical (unpaired) electrons. The van der Waals surface area contributed by atoms with E-state index >= 15 is 0 Å². The molecule has 2 rings (SSSR count). The van der Waals surface area contributed by atoms with Gasteiger partial charge in [-0.3, -0.25) is 0 Å². The Morgan fingerprint density at radius 1 is 1.22 bits per heavy atom. The minimum atomic E-state index is -1.04. The van der Waals surface area contributed by atoms with E-state index < -0.39 is 5.97 Å². The number of aromatic nitrogens is 1. The molecule has 4 heteroatoms. The van der Waals surface area contributed by atoms with Gasteiger partial charge in [0.25, 0.3) is 0 Å². The van der Waals surface area contributed by atoms with Crippen LogP contribution in [0.4, 0.5) is 0 Å². The van der Waals surface area contributed by atoms with Gasteiger partial charge in [0.05, 0.1) is 0 Å². The highest BCUT2D eigenvalue weighted by Crippen LogP contribution is 2.13. The molecule has 2 aromatic rings. The van der Waals surface area contributed by atoms with Crippen molar-refractivity contribution in [3.63, 3.8) is 0 Å². The summed E-state index contributed by atoms with van der Waals surface area (Å²) in [7, 11) is 0. The lowest BCUT2D eigenvalue weighted by atomic mass is 10.1. The van der Waals surface area contributed by atoms with Crippen LogP contribution in [0.1, 0.15) is 33.3 Å². The predicted octanol–water partition coefficient (Wildman–Crippen LogP) is 2.77. The Kier molecular flexibility index (Phi) is 3.46. The average molecular weight is 245 g/mol. The van der Waals surface area contributed by atoms with Crippen LogP contribution in [0.5, 0.6) is 0 Å². The fraction of sp³-hybridized carbons (Fsp3) is 0.286. The number of carbonyl (C=O) groups is 1. The van der Waals surface area contributed by atoms with Crippen LogP contribution in [0, 0.1) is 13.8 Å². The summed E-state index contributed by atoms with van der Waals surface area (Å²) in [6.07, 6.45) is 1.40. The highest BCUT2D eigenvalue weighted by atomic mass is 16.4. The summed E-state index contributed by atoms with van der Waals surface area (Å²) in [6.45, 7) is 3.66. The lowest BCUT2D eigenvalue weighted by Crippen LogP contribution is -1.99. The first-order valence-electron chi connectivity index (χ1n) is 5.81. The SMILES string of the molecule is Cc1ccc(CCc2nc(C(=O)O)c(C)o2)cc1. The first kappa shape index (κ1) is 12.4. The summed E-state index contributed by atoms with van der Waals surface area (Å²) in [5.41, 5.74) is 2.42. The van der Waals surface area contributed by atoms with Gasteiger partial charge < -0.3 is 9.52 Å². The monoisotopic (exact) mass is 245 g/mol. The van der Waals surface area contributed by atoms with E-state index in [4.69, 9.17) is 9.52 Å². The lowest BCUT2D eigenvalue weighted by molar-refractivity contribution is 0.0689. The number of nitrogens with zero attached hydrogens (tertiary/aromatic N) is 1. The van der Waals surface area contributed by atoms with Crippen molar-refractivity contribution in [2.45, 2.75) is 26.7 Å². The molecule has 0 atom stereocenters. The van der Waals surface area contributed by atoms with Crippen LogP contribution in [0.25, 0.3) is 0 Å². The van der Waals surface area contributed by atoms with E-state index in [-0.39, 0.29) is 5.69 Å². The minimum Gasteiger partial charge on any atom is -0.476 e. The van der Waals surface area contributed by atoms with Crippen LogP contribution in [0.15, 0.2) is 28.7 Å². The summed E-state index contributed by atoms with van der Waals surface area (Å²) in [6, 6.07) is 8.23. The van der Waals surface area contributed by atoms with E-state index in [9.17, 15) is 4.79 Å². The number of aryl methyl sites for hydroxylation is 4. The first-order valence-corrected chi connectivity index (χ1v) is 5.81. The van der Waals surface area contributed by atoms with Crippen molar-refractivity contribution in [3.05, 3.63) is 52.7 Å². The van der Waals surface area contributed by atoms with E-state index in [0.29, 0.717) is 18.1 Å². The van der Waals surface area contributed by atoms with Gasteiger partial charge in [-0.05, 0) is 25.8 Å². The summed E-state index contributed by atoms with van der Waals surface area (Å²) in [4.78, 5) is 14.8. The molecule has 0 saturated carbocycles. The molecule has 0 aliphatic rings. The van der Waals surface area contributed by atoms with E-state index in [1.807, 2.05) is 6.92 Å². The molecule has 1 aromatic carbocycles. The Hall–Kier alpha value is -2.10. The van der Waals surface area contributed by atoms with E-state index in [1.165, 1.54) is 11.1 Å². The average Bonchev–Trinajstić information content (AvgIpc) is 2.70. The van der Waals surface area contributed by atoms with Crippen LogP contribution in [0.2, 0.25) is 0 Å². The van der Waals surface area contributed by atoms with Crippen LogP contribution in [0.3, 0.4) is 0 Å². The molecule has 4 nitrogen and oxygen atoms in total. The second kappa shape index (κ2) is 5.04. The zero-order valence-electron chi connectivity index (χ0n) is 10.4. The van der Waals surface area contributed by atoms with Crippen molar-refractivity contribution >= 4 is 5.97 Å². The maximum atomic E-state index is 10.8. The van der Waals surface area contributed by atoms with Gasteiger partial charge in [-0.15, -0.1) is 0 Å². The van der Waals surface area contributed by atoms with Gasteiger partial charge in [-0.1, -0.05) is 29.8 Å². The number of rotatable bonds is 4. The fourth-order valence-corrected chi connectivity index (χ4v) is 1.76. The van der Waals surface area contributed by atoms with Gasteiger partial charge in [-0.25, -0.2) is 9.78 Å². The van der Waals surface area contributed by atoms with Crippen molar-refractivity contribution in [1.29, 1.82) is 0 Å². The zero-order chi connectivity index (χ0) is 13.1. The second-order valence-corrected chi connectivity index (χ2v) is 4.30. The number of oxazole rings is 1. The topological polar surface area (TPSA) is 63.3 Å². The highest BCUT2D eigenvalue weighted by Gasteiger charge is 2.15. The molecule has 0 aliphatic carbocycles. The third-order valence-corrected chi connectivity index (χ3v) is 2.79. The Balaban J connectivity index is 2.04. The smallest absolute Gasteiger partial charge is 0.358 e. The minimum absolute atomic E-state index is 0.00825. The number of hydrogen-bond donors (Lipinski definition) is 1. The van der Waals surface area contributed by atoms with Gasteiger partial charge in [0.1, 0.15) is 5.76 Å². The number of benzene rings is 1. The maximum Gasteiger partial charge on any atom is 0.358 e. The standard InChI is InChI=1S/C14H15NO3/c1-9-3-5-11(6-4-9)7-8-12-15-13(14(16)17)10(2)18-12/h3-6H,7-8H2,1-2H3,(H,16,17). The summed E-state index contributed by atoms with van der Waals surface area (Å²) < 4.78 is 5.33. The van der Waals surface area contributed by atoms with Crippen LogP contribution < -0.4 is 0 Å². The van der Waals surface area contributed by atoms with Crippen molar-refractivity contribution in [2.75, 3.05) is 0 Å². The summed E-state index contributed by atoms with van der Waals surface area (Å²) >= 11 is 0. The Morgan fingerprint density at radius 2 is 1.89 bits per heavy atom. The van der Waals surface area contributed by atoms with Crippen molar-refractivity contribution in [2.24, 2.45) is 0 Å². The van der Waals surface area contributed by atoms with Gasteiger partial charge in [0.2, 0.25) is 0 Å². The van der Waals surface area contributed by atoms with Gasteiger partial charge in [0.15, 0.2) is 11.6 Å². The molecule has 18 heavy (non-hydrogen) atoms. The fourth-order valence-electron chi connectivity index (χ4n) is 1.76. The summed E-state index contributed by atoms with van der Waals surface area (Å²) in [5.74, 6) is -0.204. The number of carboxylic acid groups (broad SMARTS) is 1. The third kappa shape index (κ3) is 2.77. The molecule has 0 amide bonds. The molecule has 0 unspecified atom stereocenters. The molecule has 0 spiro atoms. The lowest BCUT2D eigenvalue weighted by Gasteiger charge is -1.99. The molecule has 1 N–H and O–H groups in total. The Bertz CT molecular complexity index is 555.